The number of nitriles is 2. The van der Waals surface area contributed by atoms with Gasteiger partial charge in [-0.1, -0.05) is 24.3 Å². The van der Waals surface area contributed by atoms with Crippen molar-refractivity contribution in [2.45, 2.75) is 60.4 Å². The van der Waals surface area contributed by atoms with Crippen molar-refractivity contribution in [3.05, 3.63) is 59.7 Å². The zero-order valence-corrected chi connectivity index (χ0v) is 20.8. The molecule has 0 spiro atoms. The van der Waals surface area contributed by atoms with Gasteiger partial charge in [-0.25, -0.2) is 8.42 Å². The van der Waals surface area contributed by atoms with Crippen LogP contribution in [0.25, 0.3) is 0 Å². The van der Waals surface area contributed by atoms with Gasteiger partial charge in [0.25, 0.3) is 9.05 Å². The molecule has 0 heterocycles. The number of hydrogen-bond donors (Lipinski definition) is 0. The maximum absolute atomic E-state index is 11.4. The van der Waals surface area contributed by atoms with E-state index in [2.05, 4.69) is 22.4 Å². The molecule has 2 atom stereocenters. The third-order valence-corrected chi connectivity index (χ3v) is 7.35. The molecule has 0 aliphatic rings. The topological polar surface area (TPSA) is 106 Å². The molecule has 0 aliphatic carbocycles. The van der Waals surface area contributed by atoms with Crippen LogP contribution in [0.15, 0.2) is 68.6 Å². The van der Waals surface area contributed by atoms with Gasteiger partial charge in [0.1, 0.15) is 0 Å². The Morgan fingerprint density at radius 3 is 1.62 bits per heavy atom. The van der Waals surface area contributed by atoms with Gasteiger partial charge in [0.05, 0.1) is 17.0 Å². The van der Waals surface area contributed by atoms with Crippen molar-refractivity contribution in [1.82, 2.24) is 0 Å². The lowest BCUT2D eigenvalue weighted by atomic mass is 9.94. The molecule has 0 radical (unpaired) electrons. The summed E-state index contributed by atoms with van der Waals surface area (Å²) in [6.45, 7) is 3.36. The van der Waals surface area contributed by atoms with Gasteiger partial charge in [0.2, 0.25) is 0 Å². The predicted molar refractivity (Wildman–Crippen MR) is 127 cm³/mol. The van der Waals surface area contributed by atoms with Crippen LogP contribution in [-0.4, -0.2) is 19.5 Å². The quantitative estimate of drug-likeness (QED) is 0.271. The molecule has 0 N–H and O–H groups in total. The summed E-state index contributed by atoms with van der Waals surface area (Å²) in [4.78, 5) is 0.966. The van der Waals surface area contributed by atoms with E-state index in [4.69, 9.17) is 21.4 Å². The molecule has 6 nitrogen and oxygen atoms in total. The van der Waals surface area contributed by atoms with E-state index in [9.17, 15) is 18.9 Å². The smallest absolute Gasteiger partial charge is 0.207 e. The molecule has 0 fully saturated rings. The number of benzene rings is 2. The molecule has 2 aromatic carbocycles. The Kier molecular flexibility index (Phi) is 9.12. The molecule has 2 unspecified atom stereocenters. The first kappa shape index (κ1) is 26.2. The average Bonchev–Trinajstić information content (AvgIpc) is 2.80. The van der Waals surface area contributed by atoms with Gasteiger partial charge in [-0.3, -0.25) is 0 Å². The van der Waals surface area contributed by atoms with Gasteiger partial charge in [-0.2, -0.15) is 20.8 Å². The van der Waals surface area contributed by atoms with Crippen molar-refractivity contribution < 1.29 is 8.42 Å². The fourth-order valence-electron chi connectivity index (χ4n) is 2.78. The molecule has 0 saturated heterocycles. The SMILES string of the molecule is CC(C#N)(CCc1ccc(SCl)cc1)N=NC(C)(C#N)CCc1ccc(S(=O)(=O)Cl)cc1. The fourth-order valence-corrected chi connectivity index (χ4v) is 4.10. The minimum Gasteiger partial charge on any atom is -0.207 e. The largest absolute Gasteiger partial charge is 0.261 e. The van der Waals surface area contributed by atoms with Crippen LogP contribution in [0.3, 0.4) is 0 Å². The third-order valence-electron chi connectivity index (χ3n) is 4.99. The van der Waals surface area contributed by atoms with Gasteiger partial charge in [0, 0.05) is 15.6 Å². The minimum atomic E-state index is -3.78. The normalized spacial score (nSPS) is 15.4. The lowest BCUT2D eigenvalue weighted by Crippen LogP contribution is -2.24. The molecule has 0 bridgehead atoms. The maximum Gasteiger partial charge on any atom is 0.261 e. The first-order chi connectivity index (χ1) is 15.0. The van der Waals surface area contributed by atoms with Crippen molar-refractivity contribution in [2.75, 3.05) is 0 Å². The van der Waals surface area contributed by atoms with Crippen molar-refractivity contribution in [3.63, 3.8) is 0 Å². The van der Waals surface area contributed by atoms with Crippen LogP contribution in [0, 0.1) is 22.7 Å². The summed E-state index contributed by atoms with van der Waals surface area (Å²) in [5.41, 5.74) is -0.280. The Balaban J connectivity index is 2.03. The summed E-state index contributed by atoms with van der Waals surface area (Å²) in [6, 6.07) is 18.3. The Morgan fingerprint density at radius 1 is 0.875 bits per heavy atom. The Morgan fingerprint density at radius 2 is 1.28 bits per heavy atom. The van der Waals surface area contributed by atoms with E-state index in [0.717, 1.165) is 27.0 Å². The Labute approximate surface area is 202 Å². The van der Waals surface area contributed by atoms with Crippen LogP contribution >= 0.6 is 32.3 Å². The van der Waals surface area contributed by atoms with Crippen molar-refractivity contribution in [1.29, 1.82) is 10.5 Å². The number of aryl methyl sites for hydroxylation is 2. The highest BCUT2D eigenvalue weighted by Crippen LogP contribution is 2.26. The summed E-state index contributed by atoms with van der Waals surface area (Å²) < 4.78 is 22.7. The van der Waals surface area contributed by atoms with Gasteiger partial charge < -0.3 is 0 Å². The average molecular weight is 509 g/mol. The van der Waals surface area contributed by atoms with E-state index in [-0.39, 0.29) is 4.90 Å². The number of hydrogen-bond acceptors (Lipinski definition) is 7. The van der Waals surface area contributed by atoms with Gasteiger partial charge in [-0.15, -0.1) is 0 Å². The first-order valence-electron chi connectivity index (χ1n) is 9.70. The number of rotatable bonds is 10. The summed E-state index contributed by atoms with van der Waals surface area (Å²) in [7, 11) is 8.43. The van der Waals surface area contributed by atoms with Crippen LogP contribution < -0.4 is 0 Å². The minimum absolute atomic E-state index is 0.0199. The van der Waals surface area contributed by atoms with Crippen LogP contribution in [0.4, 0.5) is 0 Å². The van der Waals surface area contributed by atoms with E-state index in [0.29, 0.717) is 25.7 Å². The van der Waals surface area contributed by atoms with E-state index < -0.39 is 20.1 Å². The number of halogens is 2. The second-order valence-electron chi connectivity index (χ2n) is 7.77. The standard InChI is InChI=1S/C22H22Cl2N4O2S2/c1-21(15-25,13-11-17-3-7-19(31-23)8-4-17)27-28-22(2,16-26)14-12-18-5-9-20(10-6-18)32(24,29)30/h3-10H,11-14H2,1-2H3. The third kappa shape index (κ3) is 7.79. The maximum atomic E-state index is 11.4. The van der Waals surface area contributed by atoms with E-state index in [1.807, 2.05) is 24.3 Å². The van der Waals surface area contributed by atoms with Crippen molar-refractivity contribution in [2.24, 2.45) is 10.2 Å². The van der Waals surface area contributed by atoms with Crippen LogP contribution in [0.2, 0.25) is 0 Å². The zero-order chi connectivity index (χ0) is 23.8. The fraction of sp³-hybridized carbons (Fsp3) is 0.364. The molecule has 2 rings (SSSR count). The highest BCUT2D eigenvalue weighted by Gasteiger charge is 2.28. The highest BCUT2D eigenvalue weighted by molar-refractivity contribution is 8.21. The second kappa shape index (κ2) is 11.2. The molecule has 0 aliphatic heterocycles. The molecule has 10 heteroatoms. The Hall–Kier alpha value is -2.10. The van der Waals surface area contributed by atoms with Crippen molar-refractivity contribution >= 4 is 41.4 Å². The van der Waals surface area contributed by atoms with Gasteiger partial charge in [0.15, 0.2) is 11.1 Å². The summed E-state index contributed by atoms with van der Waals surface area (Å²) >= 11 is 0. The van der Waals surface area contributed by atoms with E-state index >= 15 is 0 Å². The van der Waals surface area contributed by atoms with Crippen LogP contribution in [0.5, 0.6) is 0 Å². The molecule has 168 valence electrons. The zero-order valence-electron chi connectivity index (χ0n) is 17.6. The number of azo groups is 1. The van der Waals surface area contributed by atoms with Crippen LogP contribution in [-0.2, 0) is 21.9 Å². The molecule has 0 amide bonds. The summed E-state index contributed by atoms with van der Waals surface area (Å²) in [6.07, 6.45) is 1.94. The molecule has 0 saturated carbocycles. The lowest BCUT2D eigenvalue weighted by molar-refractivity contribution is 0.451. The summed E-state index contributed by atoms with van der Waals surface area (Å²) in [5.74, 6) is 0. The number of nitrogens with zero attached hydrogens (tertiary/aromatic N) is 4. The van der Waals surface area contributed by atoms with Crippen LogP contribution in [0.1, 0.15) is 37.8 Å². The predicted octanol–water partition coefficient (Wildman–Crippen LogP) is 6.44. The van der Waals surface area contributed by atoms with E-state index in [1.54, 1.807) is 26.0 Å². The monoisotopic (exact) mass is 508 g/mol. The molecule has 2 aromatic rings. The first-order valence-corrected chi connectivity index (χ1v) is 13.7. The Bertz CT molecular complexity index is 1140. The lowest BCUT2D eigenvalue weighted by Gasteiger charge is -2.20. The van der Waals surface area contributed by atoms with Gasteiger partial charge in [-0.05, 0) is 96.6 Å². The molecule has 32 heavy (non-hydrogen) atoms. The van der Waals surface area contributed by atoms with E-state index in [1.165, 1.54) is 12.1 Å². The van der Waals surface area contributed by atoms with Gasteiger partial charge >= 0.3 is 0 Å². The molecule has 0 aromatic heterocycles. The second-order valence-corrected chi connectivity index (χ2v) is 11.4. The summed E-state index contributed by atoms with van der Waals surface area (Å²) in [5, 5.41) is 27.8. The van der Waals surface area contributed by atoms with Crippen molar-refractivity contribution in [3.8, 4) is 12.1 Å². The molecular weight excluding hydrogens is 487 g/mol. The highest BCUT2D eigenvalue weighted by atomic mass is 35.7. The molecular formula is C22H22Cl2N4O2S2.